The molecule has 0 aliphatic rings. The lowest BCUT2D eigenvalue weighted by atomic mass is 10.1. The Labute approximate surface area is 147 Å². The minimum Gasteiger partial charge on any atom is -0.490 e. The van der Waals surface area contributed by atoms with E-state index in [2.05, 4.69) is 0 Å². The normalized spacial score (nSPS) is 11.0. The van der Waals surface area contributed by atoms with E-state index in [0.29, 0.717) is 5.75 Å². The lowest BCUT2D eigenvalue weighted by Gasteiger charge is -2.08. The lowest BCUT2D eigenvalue weighted by molar-refractivity contribution is -0.133. The van der Waals surface area contributed by atoms with E-state index in [4.69, 9.17) is 9.47 Å². The van der Waals surface area contributed by atoms with Crippen LogP contribution >= 0.6 is 0 Å². The summed E-state index contributed by atoms with van der Waals surface area (Å²) in [5.74, 6) is 0.0952. The third-order valence-corrected chi connectivity index (χ3v) is 3.69. The van der Waals surface area contributed by atoms with Gasteiger partial charge in [-0.05, 0) is 34.9 Å². The molecule has 3 heteroatoms. The number of ether oxygens (including phenoxy) is 2. The minimum atomic E-state index is -0.529. The van der Waals surface area contributed by atoms with Crippen LogP contribution in [0.5, 0.6) is 5.75 Å². The molecule has 0 bridgehead atoms. The molecule has 25 heavy (non-hydrogen) atoms. The van der Waals surface area contributed by atoms with Crippen LogP contribution in [0.1, 0.15) is 5.56 Å². The highest BCUT2D eigenvalue weighted by molar-refractivity contribution is 5.93. The summed E-state index contributed by atoms with van der Waals surface area (Å²) < 4.78 is 10.6. The van der Waals surface area contributed by atoms with Gasteiger partial charge < -0.3 is 9.47 Å². The van der Waals surface area contributed by atoms with Crippen molar-refractivity contribution in [3.05, 3.63) is 96.3 Å². The number of rotatable bonds is 5. The van der Waals surface area contributed by atoms with Gasteiger partial charge in [0.05, 0.1) is 7.11 Å². The first-order valence-electron chi connectivity index (χ1n) is 7.94. The van der Waals surface area contributed by atoms with Crippen molar-refractivity contribution in [1.29, 1.82) is 0 Å². The van der Waals surface area contributed by atoms with Crippen molar-refractivity contribution in [1.82, 2.24) is 0 Å². The molecular weight excluding hydrogens is 312 g/mol. The number of methoxy groups -OCH3 is 1. The summed E-state index contributed by atoms with van der Waals surface area (Å²) in [7, 11) is 1.45. The molecule has 0 spiro atoms. The van der Waals surface area contributed by atoms with Crippen LogP contribution in [0.25, 0.3) is 17.2 Å². The van der Waals surface area contributed by atoms with Crippen LogP contribution in [0.4, 0.5) is 0 Å². The van der Waals surface area contributed by atoms with Crippen molar-refractivity contribution in [2.45, 2.75) is 0 Å². The molecule has 124 valence electrons. The number of benzene rings is 3. The summed E-state index contributed by atoms with van der Waals surface area (Å²) in [4.78, 5) is 12.3. The number of hydrogen-bond donors (Lipinski definition) is 0. The van der Waals surface area contributed by atoms with Crippen molar-refractivity contribution in [2.24, 2.45) is 0 Å². The van der Waals surface area contributed by atoms with Crippen LogP contribution in [-0.2, 0) is 9.53 Å². The monoisotopic (exact) mass is 330 g/mol. The molecule has 0 radical (unpaired) electrons. The van der Waals surface area contributed by atoms with Gasteiger partial charge in [0.25, 0.3) is 0 Å². The topological polar surface area (TPSA) is 35.5 Å². The SMILES string of the molecule is COC(=Cc1ccccc1)C(=O)Oc1ccc(-c2ccccc2)cc1. The summed E-state index contributed by atoms with van der Waals surface area (Å²) in [5.41, 5.74) is 3.05. The summed E-state index contributed by atoms with van der Waals surface area (Å²) in [6.07, 6.45) is 1.65. The van der Waals surface area contributed by atoms with Gasteiger partial charge in [0.15, 0.2) is 0 Å². The zero-order valence-electron chi connectivity index (χ0n) is 13.9. The summed E-state index contributed by atoms with van der Waals surface area (Å²) in [6.45, 7) is 0. The van der Waals surface area contributed by atoms with Crippen LogP contribution in [0.3, 0.4) is 0 Å². The molecule has 0 atom stereocenters. The quantitative estimate of drug-likeness (QED) is 0.287. The van der Waals surface area contributed by atoms with Crippen molar-refractivity contribution >= 4 is 12.0 Å². The first-order valence-corrected chi connectivity index (χ1v) is 7.94. The van der Waals surface area contributed by atoms with Gasteiger partial charge in [-0.15, -0.1) is 0 Å². The third-order valence-electron chi connectivity index (χ3n) is 3.69. The van der Waals surface area contributed by atoms with Crippen molar-refractivity contribution in [2.75, 3.05) is 7.11 Å². The molecule has 0 amide bonds. The Balaban J connectivity index is 1.73. The van der Waals surface area contributed by atoms with E-state index in [1.54, 1.807) is 18.2 Å². The molecule has 0 N–H and O–H groups in total. The second-order valence-electron chi connectivity index (χ2n) is 5.40. The van der Waals surface area contributed by atoms with E-state index >= 15 is 0 Å². The van der Waals surface area contributed by atoms with Crippen LogP contribution in [-0.4, -0.2) is 13.1 Å². The van der Waals surface area contributed by atoms with Gasteiger partial charge in [0.2, 0.25) is 5.76 Å². The maximum atomic E-state index is 12.3. The molecule has 0 saturated heterocycles. The van der Waals surface area contributed by atoms with E-state index in [9.17, 15) is 4.79 Å². The first kappa shape index (κ1) is 16.5. The molecule has 3 rings (SSSR count). The van der Waals surface area contributed by atoms with Gasteiger partial charge in [0, 0.05) is 0 Å². The largest absolute Gasteiger partial charge is 0.490 e. The number of esters is 1. The number of carbonyl (C=O) groups is 1. The lowest BCUT2D eigenvalue weighted by Crippen LogP contribution is -2.12. The predicted octanol–water partition coefficient (Wildman–Crippen LogP) is 4.95. The van der Waals surface area contributed by atoms with Gasteiger partial charge in [-0.1, -0.05) is 72.8 Å². The molecule has 0 fully saturated rings. The summed E-state index contributed by atoms with van der Waals surface area (Å²) >= 11 is 0. The fourth-order valence-corrected chi connectivity index (χ4v) is 2.41. The summed E-state index contributed by atoms with van der Waals surface area (Å²) in [5, 5.41) is 0. The van der Waals surface area contributed by atoms with Crippen LogP contribution in [0.15, 0.2) is 90.7 Å². The van der Waals surface area contributed by atoms with E-state index in [0.717, 1.165) is 16.7 Å². The predicted molar refractivity (Wildman–Crippen MR) is 98.9 cm³/mol. The Morgan fingerprint density at radius 2 is 1.32 bits per heavy atom. The summed E-state index contributed by atoms with van der Waals surface area (Å²) in [6, 6.07) is 26.9. The number of hydrogen-bond acceptors (Lipinski definition) is 3. The third kappa shape index (κ3) is 4.36. The highest BCUT2D eigenvalue weighted by Gasteiger charge is 2.13. The second kappa shape index (κ2) is 7.97. The Kier molecular flexibility index (Phi) is 5.27. The fraction of sp³-hybridized carbons (Fsp3) is 0.0455. The zero-order valence-corrected chi connectivity index (χ0v) is 13.9. The molecular formula is C22H18O3. The minimum absolute atomic E-state index is 0.151. The smallest absolute Gasteiger partial charge is 0.378 e. The Morgan fingerprint density at radius 1 is 0.760 bits per heavy atom. The zero-order chi connectivity index (χ0) is 17.5. The molecule has 3 aromatic rings. The molecule has 0 aliphatic carbocycles. The van der Waals surface area contributed by atoms with Gasteiger partial charge in [-0.2, -0.15) is 0 Å². The first-order chi connectivity index (χ1) is 12.3. The average Bonchev–Trinajstić information content (AvgIpc) is 2.68. The van der Waals surface area contributed by atoms with Gasteiger partial charge in [-0.25, -0.2) is 4.79 Å². The molecule has 0 heterocycles. The maximum absolute atomic E-state index is 12.3. The van der Waals surface area contributed by atoms with E-state index < -0.39 is 5.97 Å². The van der Waals surface area contributed by atoms with Gasteiger partial charge >= 0.3 is 5.97 Å². The maximum Gasteiger partial charge on any atom is 0.378 e. The molecule has 3 nitrogen and oxygen atoms in total. The van der Waals surface area contributed by atoms with Crippen molar-refractivity contribution in [3.63, 3.8) is 0 Å². The van der Waals surface area contributed by atoms with Crippen LogP contribution in [0, 0.1) is 0 Å². The molecule has 0 saturated carbocycles. The fourth-order valence-electron chi connectivity index (χ4n) is 2.41. The van der Waals surface area contributed by atoms with Crippen LogP contribution in [0.2, 0.25) is 0 Å². The van der Waals surface area contributed by atoms with E-state index in [-0.39, 0.29) is 5.76 Å². The van der Waals surface area contributed by atoms with Gasteiger partial charge in [-0.3, -0.25) is 0 Å². The van der Waals surface area contributed by atoms with E-state index in [1.165, 1.54) is 7.11 Å². The molecule has 0 unspecified atom stereocenters. The highest BCUT2D eigenvalue weighted by atomic mass is 16.6. The van der Waals surface area contributed by atoms with Crippen molar-refractivity contribution in [3.8, 4) is 16.9 Å². The standard InChI is InChI=1S/C22H18O3/c1-24-21(16-17-8-4-2-5-9-17)22(23)25-20-14-12-19(13-15-20)18-10-6-3-7-11-18/h2-16H,1H3. The second-order valence-corrected chi connectivity index (χ2v) is 5.40. The highest BCUT2D eigenvalue weighted by Crippen LogP contribution is 2.22. The van der Waals surface area contributed by atoms with Gasteiger partial charge in [0.1, 0.15) is 5.75 Å². The van der Waals surface area contributed by atoms with Crippen LogP contribution < -0.4 is 4.74 Å². The Bertz CT molecular complexity index is 851. The molecule has 3 aromatic carbocycles. The van der Waals surface area contributed by atoms with Crippen molar-refractivity contribution < 1.29 is 14.3 Å². The molecule has 0 aromatic heterocycles. The Hall–Kier alpha value is -3.33. The average molecular weight is 330 g/mol. The Morgan fingerprint density at radius 3 is 1.92 bits per heavy atom. The number of carbonyl (C=O) groups excluding carboxylic acids is 1. The van der Waals surface area contributed by atoms with E-state index in [1.807, 2.05) is 72.8 Å². The molecule has 0 aliphatic heterocycles.